The van der Waals surface area contributed by atoms with Gasteiger partial charge in [0.05, 0.1) is 11.8 Å². The van der Waals surface area contributed by atoms with Gasteiger partial charge in [-0.3, -0.25) is 4.68 Å². The molecule has 0 bridgehead atoms. The van der Waals surface area contributed by atoms with Crippen LogP contribution < -0.4 is 0 Å². The second-order valence-electron chi connectivity index (χ2n) is 2.32. The highest BCUT2D eigenvalue weighted by atomic mass is 15.5. The van der Waals surface area contributed by atoms with E-state index >= 15 is 0 Å². The molecule has 0 fully saturated rings. The monoisotopic (exact) mass is 164 g/mol. The van der Waals surface area contributed by atoms with Crippen LogP contribution in [0.15, 0.2) is 12.4 Å². The van der Waals surface area contributed by atoms with E-state index in [1.54, 1.807) is 6.20 Å². The molecule has 6 nitrogen and oxygen atoms in total. The number of rotatable bonds is 2. The van der Waals surface area contributed by atoms with Crippen LogP contribution in [0.2, 0.25) is 0 Å². The molecule has 6 heteroatoms. The van der Waals surface area contributed by atoms with Gasteiger partial charge in [-0.05, 0) is 12.1 Å². The Morgan fingerprint density at radius 2 is 2.50 bits per heavy atom. The molecule has 0 unspecified atom stereocenters. The van der Waals surface area contributed by atoms with Gasteiger partial charge in [0.1, 0.15) is 0 Å². The van der Waals surface area contributed by atoms with E-state index in [0.717, 1.165) is 12.1 Å². The number of tetrazole rings is 1. The Morgan fingerprint density at radius 3 is 3.08 bits per heavy atom. The van der Waals surface area contributed by atoms with Crippen LogP contribution in [0.25, 0.3) is 11.4 Å². The molecule has 0 saturated carbocycles. The first-order valence-electron chi connectivity index (χ1n) is 3.66. The predicted octanol–water partition coefficient (Wildman–Crippen LogP) is 0.0831. The Hall–Kier alpha value is -1.72. The number of aryl methyl sites for hydroxylation is 1. The van der Waals surface area contributed by atoms with Crippen LogP contribution in [0.4, 0.5) is 0 Å². The van der Waals surface area contributed by atoms with Gasteiger partial charge in [0.2, 0.25) is 5.82 Å². The van der Waals surface area contributed by atoms with Crippen LogP contribution in [0.5, 0.6) is 0 Å². The van der Waals surface area contributed by atoms with Gasteiger partial charge in [-0.2, -0.15) is 10.3 Å². The number of nitrogens with one attached hydrogen (secondary N) is 1. The van der Waals surface area contributed by atoms with E-state index in [1.807, 2.05) is 17.8 Å². The number of hydrogen-bond acceptors (Lipinski definition) is 4. The van der Waals surface area contributed by atoms with E-state index in [2.05, 4.69) is 25.7 Å². The van der Waals surface area contributed by atoms with Crippen molar-refractivity contribution in [2.24, 2.45) is 0 Å². The fourth-order valence-corrected chi connectivity index (χ4v) is 0.936. The number of hydrogen-bond donors (Lipinski definition) is 1. The number of aromatic amines is 1. The van der Waals surface area contributed by atoms with Crippen molar-refractivity contribution in [3.63, 3.8) is 0 Å². The molecule has 1 N–H and O–H groups in total. The lowest BCUT2D eigenvalue weighted by atomic mass is 10.3. The second-order valence-corrected chi connectivity index (χ2v) is 2.32. The summed E-state index contributed by atoms with van der Waals surface area (Å²) in [6.07, 6.45) is 3.60. The van der Waals surface area contributed by atoms with Crippen molar-refractivity contribution in [3.8, 4) is 11.4 Å². The van der Waals surface area contributed by atoms with Crippen LogP contribution in [0.1, 0.15) is 6.92 Å². The zero-order chi connectivity index (χ0) is 8.39. The third-order valence-electron chi connectivity index (χ3n) is 1.56. The molecule has 12 heavy (non-hydrogen) atoms. The summed E-state index contributed by atoms with van der Waals surface area (Å²) in [6.45, 7) is 2.87. The van der Waals surface area contributed by atoms with Crippen molar-refractivity contribution in [1.82, 2.24) is 30.4 Å². The highest BCUT2D eigenvalue weighted by Gasteiger charge is 2.04. The third kappa shape index (κ3) is 1.07. The maximum atomic E-state index is 4.09. The first kappa shape index (κ1) is 6.96. The van der Waals surface area contributed by atoms with E-state index in [1.165, 1.54) is 0 Å². The Morgan fingerprint density at radius 1 is 1.58 bits per heavy atom. The summed E-state index contributed by atoms with van der Waals surface area (Å²) < 4.78 is 1.81. The molecule has 2 heterocycles. The summed E-state index contributed by atoms with van der Waals surface area (Å²) in [7, 11) is 0. The lowest BCUT2D eigenvalue weighted by molar-refractivity contribution is 0.660. The molecular formula is C6H8N6. The summed E-state index contributed by atoms with van der Waals surface area (Å²) in [6, 6.07) is 0. The average molecular weight is 164 g/mol. The van der Waals surface area contributed by atoms with E-state index in [0.29, 0.717) is 5.82 Å². The lowest BCUT2D eigenvalue weighted by Gasteiger charge is -1.89. The Balaban J connectivity index is 2.35. The van der Waals surface area contributed by atoms with Gasteiger partial charge in [0.25, 0.3) is 0 Å². The van der Waals surface area contributed by atoms with Crippen LogP contribution in [-0.2, 0) is 6.54 Å². The van der Waals surface area contributed by atoms with Crippen LogP contribution in [0, 0.1) is 0 Å². The molecule has 0 amide bonds. The standard InChI is InChI=1S/C6H8N6/c1-2-12-4-5(3-7-12)6-8-10-11-9-6/h3-4H,2H2,1H3,(H,8,9,10,11). The van der Waals surface area contributed by atoms with Gasteiger partial charge in [0, 0.05) is 12.7 Å². The first-order valence-corrected chi connectivity index (χ1v) is 3.66. The van der Waals surface area contributed by atoms with Crippen molar-refractivity contribution in [3.05, 3.63) is 12.4 Å². The second kappa shape index (κ2) is 2.72. The van der Waals surface area contributed by atoms with Crippen molar-refractivity contribution in [2.75, 3.05) is 0 Å². The van der Waals surface area contributed by atoms with Gasteiger partial charge in [-0.1, -0.05) is 0 Å². The summed E-state index contributed by atoms with van der Waals surface area (Å²) >= 11 is 0. The van der Waals surface area contributed by atoms with Gasteiger partial charge in [0.15, 0.2) is 0 Å². The van der Waals surface area contributed by atoms with Crippen molar-refractivity contribution >= 4 is 0 Å². The highest BCUT2D eigenvalue weighted by molar-refractivity contribution is 5.50. The average Bonchev–Trinajstić information content (AvgIpc) is 2.75. The number of aromatic nitrogens is 6. The Labute approximate surface area is 68.6 Å². The fraction of sp³-hybridized carbons (Fsp3) is 0.333. The largest absolute Gasteiger partial charge is 0.272 e. The maximum Gasteiger partial charge on any atom is 0.207 e. The molecular weight excluding hydrogens is 156 g/mol. The van der Waals surface area contributed by atoms with Crippen molar-refractivity contribution in [1.29, 1.82) is 0 Å². The Kier molecular flexibility index (Phi) is 1.58. The third-order valence-corrected chi connectivity index (χ3v) is 1.56. The maximum absolute atomic E-state index is 4.09. The molecule has 0 aliphatic heterocycles. The normalized spacial score (nSPS) is 10.4. The summed E-state index contributed by atoms with van der Waals surface area (Å²) in [4.78, 5) is 0. The van der Waals surface area contributed by atoms with Crippen molar-refractivity contribution < 1.29 is 0 Å². The highest BCUT2D eigenvalue weighted by Crippen LogP contribution is 2.10. The first-order chi connectivity index (χ1) is 5.90. The topological polar surface area (TPSA) is 72.3 Å². The lowest BCUT2D eigenvalue weighted by Crippen LogP contribution is -1.92. The van der Waals surface area contributed by atoms with E-state index < -0.39 is 0 Å². The minimum Gasteiger partial charge on any atom is -0.272 e. The van der Waals surface area contributed by atoms with Gasteiger partial charge >= 0.3 is 0 Å². The quantitative estimate of drug-likeness (QED) is 0.682. The number of nitrogens with zero attached hydrogens (tertiary/aromatic N) is 5. The number of H-pyrrole nitrogens is 1. The molecule has 0 radical (unpaired) electrons. The minimum atomic E-state index is 0.578. The molecule has 2 aromatic rings. The summed E-state index contributed by atoms with van der Waals surface area (Å²) in [5.74, 6) is 0.578. The van der Waals surface area contributed by atoms with Crippen molar-refractivity contribution in [2.45, 2.75) is 13.5 Å². The summed E-state index contributed by atoms with van der Waals surface area (Å²) in [5, 5.41) is 17.6. The molecule has 0 spiro atoms. The van der Waals surface area contributed by atoms with Gasteiger partial charge in [-0.25, -0.2) is 0 Å². The molecule has 0 aliphatic rings. The van der Waals surface area contributed by atoms with Crippen LogP contribution in [0.3, 0.4) is 0 Å². The van der Waals surface area contributed by atoms with E-state index in [4.69, 9.17) is 0 Å². The minimum absolute atomic E-state index is 0.578. The smallest absolute Gasteiger partial charge is 0.207 e. The van der Waals surface area contributed by atoms with E-state index in [-0.39, 0.29) is 0 Å². The van der Waals surface area contributed by atoms with Crippen LogP contribution >= 0.6 is 0 Å². The molecule has 0 aliphatic carbocycles. The predicted molar refractivity (Wildman–Crippen MR) is 41.1 cm³/mol. The van der Waals surface area contributed by atoms with E-state index in [9.17, 15) is 0 Å². The molecule has 0 aromatic carbocycles. The molecule has 62 valence electrons. The molecule has 0 saturated heterocycles. The fourth-order valence-electron chi connectivity index (χ4n) is 0.936. The van der Waals surface area contributed by atoms with Gasteiger partial charge < -0.3 is 0 Å². The van der Waals surface area contributed by atoms with Gasteiger partial charge in [-0.15, -0.1) is 10.2 Å². The zero-order valence-corrected chi connectivity index (χ0v) is 6.60. The zero-order valence-electron chi connectivity index (χ0n) is 6.60. The molecule has 2 rings (SSSR count). The molecule has 0 atom stereocenters. The molecule has 2 aromatic heterocycles. The Bertz CT molecular complexity index is 348. The summed E-state index contributed by atoms with van der Waals surface area (Å²) in [5.41, 5.74) is 0.880. The van der Waals surface area contributed by atoms with Crippen LogP contribution in [-0.4, -0.2) is 30.4 Å². The SMILES string of the molecule is CCn1cc(-c2nn[nH]n2)cn1.